The number of nitriles is 1. The number of aryl methyl sites for hydroxylation is 1. The zero-order valence-electron chi connectivity index (χ0n) is 11.1. The molecule has 0 aromatic carbocycles. The average molecular weight is 280 g/mol. The van der Waals surface area contributed by atoms with E-state index < -0.39 is 5.69 Å². The summed E-state index contributed by atoms with van der Waals surface area (Å²) < 4.78 is 0. The highest BCUT2D eigenvalue weighted by atomic mass is 32.2. The topological polar surface area (TPSA) is 98.6 Å². The zero-order valence-corrected chi connectivity index (χ0v) is 11.9. The number of amides is 1. The molecule has 0 bridgehead atoms. The van der Waals surface area contributed by atoms with Crippen molar-refractivity contribution in [1.29, 1.82) is 5.26 Å². The van der Waals surface area contributed by atoms with Gasteiger partial charge >= 0.3 is 5.69 Å². The molecule has 0 spiro atoms. The summed E-state index contributed by atoms with van der Waals surface area (Å²) in [5, 5.41) is 12.1. The van der Waals surface area contributed by atoms with Gasteiger partial charge in [-0.15, -0.1) is 0 Å². The number of carbonyl (C=O) groups is 1. The molecule has 0 radical (unpaired) electrons. The number of H-pyrrole nitrogens is 1. The number of rotatable bonds is 5. The molecule has 6 nitrogen and oxygen atoms in total. The number of thioether (sulfide) groups is 1. The molecule has 1 aromatic rings. The summed E-state index contributed by atoms with van der Waals surface area (Å²) in [4.78, 5) is 29.1. The first-order chi connectivity index (χ1) is 8.97. The monoisotopic (exact) mass is 280 g/mol. The predicted molar refractivity (Wildman–Crippen MR) is 72.9 cm³/mol. The maximum Gasteiger partial charge on any atom is 0.346 e. The minimum Gasteiger partial charge on any atom is -0.353 e. The Morgan fingerprint density at radius 3 is 2.89 bits per heavy atom. The first-order valence-electron chi connectivity index (χ1n) is 5.91. The Kier molecular flexibility index (Phi) is 5.57. The van der Waals surface area contributed by atoms with E-state index in [9.17, 15) is 9.59 Å². The second-order valence-corrected chi connectivity index (χ2v) is 5.09. The standard InChI is InChI=1S/C12H16N4O2S/c1-4-7(2)14-10(17)6-19-11-9(5-13)8(3)15-12(18)16-11/h7H,4,6H2,1-3H3,(H,14,17)(H,15,16,18)/t7-/m1/s1. The highest BCUT2D eigenvalue weighted by Gasteiger charge is 2.12. The Morgan fingerprint density at radius 1 is 1.63 bits per heavy atom. The van der Waals surface area contributed by atoms with Gasteiger partial charge in [-0.1, -0.05) is 18.7 Å². The van der Waals surface area contributed by atoms with E-state index in [1.54, 1.807) is 6.92 Å². The Bertz CT molecular complexity index is 562. The third-order valence-electron chi connectivity index (χ3n) is 2.56. The molecular formula is C12H16N4O2S. The van der Waals surface area contributed by atoms with E-state index >= 15 is 0 Å². The van der Waals surface area contributed by atoms with Crippen LogP contribution in [0.4, 0.5) is 0 Å². The Morgan fingerprint density at radius 2 is 2.32 bits per heavy atom. The van der Waals surface area contributed by atoms with E-state index in [1.165, 1.54) is 0 Å². The fourth-order valence-electron chi connectivity index (χ4n) is 1.35. The molecule has 1 amide bonds. The van der Waals surface area contributed by atoms with Gasteiger partial charge in [-0.05, 0) is 20.3 Å². The van der Waals surface area contributed by atoms with Crippen LogP contribution < -0.4 is 11.0 Å². The first-order valence-corrected chi connectivity index (χ1v) is 6.89. The van der Waals surface area contributed by atoms with Crippen molar-refractivity contribution in [3.8, 4) is 6.07 Å². The highest BCUT2D eigenvalue weighted by Crippen LogP contribution is 2.19. The fraction of sp³-hybridized carbons (Fsp3) is 0.500. The number of nitrogens with one attached hydrogen (secondary N) is 2. The summed E-state index contributed by atoms with van der Waals surface area (Å²) in [6.07, 6.45) is 0.849. The minimum absolute atomic E-state index is 0.109. The average Bonchev–Trinajstić information content (AvgIpc) is 2.35. The molecular weight excluding hydrogens is 264 g/mol. The Labute approximate surface area is 115 Å². The van der Waals surface area contributed by atoms with Crippen molar-refractivity contribution in [3.63, 3.8) is 0 Å². The van der Waals surface area contributed by atoms with Crippen LogP contribution in [-0.2, 0) is 4.79 Å². The lowest BCUT2D eigenvalue weighted by Crippen LogP contribution is -2.33. The lowest BCUT2D eigenvalue weighted by molar-refractivity contribution is -0.119. The van der Waals surface area contributed by atoms with E-state index in [1.807, 2.05) is 19.9 Å². The third-order valence-corrected chi connectivity index (χ3v) is 3.53. The van der Waals surface area contributed by atoms with E-state index in [4.69, 9.17) is 5.26 Å². The number of carbonyl (C=O) groups excluding carboxylic acids is 1. The SMILES string of the molecule is CC[C@@H](C)NC(=O)CSc1nc(=O)[nH]c(C)c1C#N. The van der Waals surface area contributed by atoms with Gasteiger partial charge in [-0.2, -0.15) is 10.2 Å². The minimum atomic E-state index is -0.513. The van der Waals surface area contributed by atoms with Crippen LogP contribution in [0.15, 0.2) is 9.82 Å². The Balaban J connectivity index is 2.76. The zero-order chi connectivity index (χ0) is 14.4. The van der Waals surface area contributed by atoms with Gasteiger partial charge in [0.1, 0.15) is 16.7 Å². The molecule has 1 heterocycles. The number of hydrogen-bond acceptors (Lipinski definition) is 5. The van der Waals surface area contributed by atoms with Crippen molar-refractivity contribution >= 4 is 17.7 Å². The largest absolute Gasteiger partial charge is 0.353 e. The maximum absolute atomic E-state index is 11.6. The highest BCUT2D eigenvalue weighted by molar-refractivity contribution is 8.00. The number of nitrogens with zero attached hydrogens (tertiary/aromatic N) is 2. The summed E-state index contributed by atoms with van der Waals surface area (Å²) in [5.74, 6) is -0.00229. The molecule has 7 heteroatoms. The van der Waals surface area contributed by atoms with Crippen molar-refractivity contribution in [3.05, 3.63) is 21.7 Å². The molecule has 1 aromatic heterocycles. The van der Waals surface area contributed by atoms with Gasteiger partial charge in [-0.25, -0.2) is 4.79 Å². The van der Waals surface area contributed by atoms with Crippen LogP contribution in [-0.4, -0.2) is 27.7 Å². The van der Waals surface area contributed by atoms with E-state index in [0.717, 1.165) is 18.2 Å². The van der Waals surface area contributed by atoms with E-state index in [2.05, 4.69) is 15.3 Å². The molecule has 0 saturated carbocycles. The van der Waals surface area contributed by atoms with Gasteiger partial charge in [0.2, 0.25) is 5.91 Å². The lowest BCUT2D eigenvalue weighted by Gasteiger charge is -2.11. The fourth-order valence-corrected chi connectivity index (χ4v) is 2.19. The molecule has 1 rings (SSSR count). The quantitative estimate of drug-likeness (QED) is 0.618. The lowest BCUT2D eigenvalue weighted by atomic mass is 10.3. The van der Waals surface area contributed by atoms with Crippen LogP contribution in [0.3, 0.4) is 0 Å². The van der Waals surface area contributed by atoms with Crippen LogP contribution in [0.1, 0.15) is 31.5 Å². The second-order valence-electron chi connectivity index (χ2n) is 4.12. The predicted octanol–water partition coefficient (Wildman–Crippen LogP) is 0.957. The Hall–Kier alpha value is -1.81. The number of hydrogen-bond donors (Lipinski definition) is 2. The molecule has 0 fully saturated rings. The van der Waals surface area contributed by atoms with Gasteiger partial charge in [0.25, 0.3) is 0 Å². The maximum atomic E-state index is 11.6. The molecule has 0 aliphatic carbocycles. The van der Waals surface area contributed by atoms with Crippen molar-refractivity contribution < 1.29 is 4.79 Å². The molecule has 0 saturated heterocycles. The van der Waals surface area contributed by atoms with Crippen LogP contribution in [0.2, 0.25) is 0 Å². The van der Waals surface area contributed by atoms with E-state index in [-0.39, 0.29) is 17.7 Å². The van der Waals surface area contributed by atoms with Gasteiger partial charge in [0, 0.05) is 11.7 Å². The van der Waals surface area contributed by atoms with Gasteiger partial charge < -0.3 is 10.3 Å². The van der Waals surface area contributed by atoms with Crippen molar-refractivity contribution in [2.75, 3.05) is 5.75 Å². The second kappa shape index (κ2) is 6.95. The van der Waals surface area contributed by atoms with Crippen molar-refractivity contribution in [2.45, 2.75) is 38.3 Å². The third kappa shape index (κ3) is 4.41. The van der Waals surface area contributed by atoms with E-state index in [0.29, 0.717) is 16.3 Å². The first kappa shape index (κ1) is 15.2. The smallest absolute Gasteiger partial charge is 0.346 e. The summed E-state index contributed by atoms with van der Waals surface area (Å²) in [6, 6.07) is 2.09. The van der Waals surface area contributed by atoms with Crippen LogP contribution >= 0.6 is 11.8 Å². The summed E-state index contributed by atoms with van der Waals surface area (Å²) in [5.41, 5.74) is 0.259. The number of aromatic amines is 1. The van der Waals surface area contributed by atoms with Crippen LogP contribution in [0.25, 0.3) is 0 Å². The van der Waals surface area contributed by atoms with Gasteiger partial charge in [0.05, 0.1) is 5.75 Å². The van der Waals surface area contributed by atoms with Crippen molar-refractivity contribution in [1.82, 2.24) is 15.3 Å². The van der Waals surface area contributed by atoms with Gasteiger partial charge in [0.15, 0.2) is 0 Å². The molecule has 2 N–H and O–H groups in total. The number of aromatic nitrogens is 2. The molecule has 19 heavy (non-hydrogen) atoms. The summed E-state index contributed by atoms with van der Waals surface area (Å²) in [7, 11) is 0. The molecule has 1 atom stereocenters. The van der Waals surface area contributed by atoms with Gasteiger partial charge in [-0.3, -0.25) is 4.79 Å². The summed E-state index contributed by atoms with van der Waals surface area (Å²) in [6.45, 7) is 5.53. The molecule has 0 aliphatic rings. The van der Waals surface area contributed by atoms with Crippen molar-refractivity contribution in [2.24, 2.45) is 0 Å². The normalized spacial score (nSPS) is 11.7. The van der Waals surface area contributed by atoms with Crippen LogP contribution in [0.5, 0.6) is 0 Å². The summed E-state index contributed by atoms with van der Waals surface area (Å²) >= 11 is 1.09. The molecule has 0 unspecified atom stereocenters. The molecule has 102 valence electrons. The van der Waals surface area contributed by atoms with Crippen LogP contribution in [0, 0.1) is 18.3 Å². The molecule has 0 aliphatic heterocycles.